The smallest absolute Gasteiger partial charge is 0.339 e. The average Bonchev–Trinajstić information content (AvgIpc) is 2.48. The lowest BCUT2D eigenvalue weighted by Crippen LogP contribution is -2.29. The first-order chi connectivity index (χ1) is 9.61. The first kappa shape index (κ1) is 14.9. The Kier molecular flexibility index (Phi) is 5.09. The van der Waals surface area contributed by atoms with E-state index in [2.05, 4.69) is 9.64 Å². The van der Waals surface area contributed by atoms with Gasteiger partial charge in [-0.2, -0.15) is 0 Å². The molecule has 0 amide bonds. The first-order valence-corrected chi connectivity index (χ1v) is 6.88. The molecule has 110 valence electrons. The van der Waals surface area contributed by atoms with Crippen molar-refractivity contribution in [3.05, 3.63) is 35.1 Å². The predicted octanol–water partition coefficient (Wildman–Crippen LogP) is 2.02. The summed E-state index contributed by atoms with van der Waals surface area (Å²) >= 11 is 0. The first-order valence-electron chi connectivity index (χ1n) is 6.88. The fourth-order valence-corrected chi connectivity index (χ4v) is 2.47. The molecule has 1 fully saturated rings. The van der Waals surface area contributed by atoms with Crippen LogP contribution in [0.2, 0.25) is 0 Å². The van der Waals surface area contributed by atoms with E-state index in [0.717, 1.165) is 25.9 Å². The van der Waals surface area contributed by atoms with Gasteiger partial charge in [0.1, 0.15) is 5.82 Å². The molecule has 1 heterocycles. The quantitative estimate of drug-likeness (QED) is 0.858. The summed E-state index contributed by atoms with van der Waals surface area (Å²) < 4.78 is 18.5. The van der Waals surface area contributed by atoms with Crippen LogP contribution in [0.25, 0.3) is 0 Å². The Labute approximate surface area is 118 Å². The SMILES string of the molecule is COC(=O)C(O)c1ccc(CN2CCCCC2)c(F)c1. The summed E-state index contributed by atoms with van der Waals surface area (Å²) in [6.45, 7) is 2.55. The van der Waals surface area contributed by atoms with Crippen molar-refractivity contribution in [1.82, 2.24) is 4.90 Å². The molecule has 1 aliphatic rings. The fraction of sp³-hybridized carbons (Fsp3) is 0.533. The van der Waals surface area contributed by atoms with Gasteiger partial charge in [-0.3, -0.25) is 4.90 Å². The Hall–Kier alpha value is -1.46. The molecule has 4 nitrogen and oxygen atoms in total. The lowest BCUT2D eigenvalue weighted by atomic mass is 10.0. The molecule has 1 aliphatic heterocycles. The lowest BCUT2D eigenvalue weighted by Gasteiger charge is -2.26. The van der Waals surface area contributed by atoms with Crippen molar-refractivity contribution >= 4 is 5.97 Å². The molecule has 0 aromatic heterocycles. The highest BCUT2D eigenvalue weighted by molar-refractivity contribution is 5.76. The summed E-state index contributed by atoms with van der Waals surface area (Å²) in [6, 6.07) is 4.41. The maximum absolute atomic E-state index is 14.0. The van der Waals surface area contributed by atoms with Gasteiger partial charge in [0.05, 0.1) is 7.11 Å². The number of carbonyl (C=O) groups excluding carboxylic acids is 1. The van der Waals surface area contributed by atoms with Gasteiger partial charge in [0.2, 0.25) is 0 Å². The minimum atomic E-state index is -1.43. The zero-order valence-corrected chi connectivity index (χ0v) is 11.6. The number of benzene rings is 1. The molecule has 0 radical (unpaired) electrons. The van der Waals surface area contributed by atoms with Crippen molar-refractivity contribution in [3.8, 4) is 0 Å². The number of aliphatic hydroxyl groups is 1. The number of carbonyl (C=O) groups is 1. The minimum absolute atomic E-state index is 0.219. The molecular weight excluding hydrogens is 261 g/mol. The zero-order valence-electron chi connectivity index (χ0n) is 11.6. The number of halogens is 1. The van der Waals surface area contributed by atoms with Gasteiger partial charge in [0.25, 0.3) is 0 Å². The number of rotatable bonds is 4. The maximum Gasteiger partial charge on any atom is 0.339 e. The van der Waals surface area contributed by atoms with Crippen molar-refractivity contribution in [3.63, 3.8) is 0 Å². The van der Waals surface area contributed by atoms with E-state index in [9.17, 15) is 14.3 Å². The van der Waals surface area contributed by atoms with Crippen LogP contribution in [0.3, 0.4) is 0 Å². The van der Waals surface area contributed by atoms with E-state index in [0.29, 0.717) is 12.1 Å². The Balaban J connectivity index is 2.07. The normalized spacial score (nSPS) is 17.8. The summed E-state index contributed by atoms with van der Waals surface area (Å²) in [6.07, 6.45) is 2.11. The lowest BCUT2D eigenvalue weighted by molar-refractivity contribution is -0.150. The molecule has 20 heavy (non-hydrogen) atoms. The fourth-order valence-electron chi connectivity index (χ4n) is 2.47. The van der Waals surface area contributed by atoms with Crippen LogP contribution in [-0.4, -0.2) is 36.2 Å². The Morgan fingerprint density at radius 1 is 1.40 bits per heavy atom. The minimum Gasteiger partial charge on any atom is -0.467 e. The second kappa shape index (κ2) is 6.81. The summed E-state index contributed by atoms with van der Waals surface area (Å²) in [5, 5.41) is 9.67. The van der Waals surface area contributed by atoms with Gasteiger partial charge in [-0.25, -0.2) is 9.18 Å². The number of methoxy groups -OCH3 is 1. The van der Waals surface area contributed by atoms with Crippen LogP contribution in [0, 0.1) is 5.82 Å². The van der Waals surface area contributed by atoms with Crippen LogP contribution in [0.4, 0.5) is 4.39 Å². The number of hydrogen-bond donors (Lipinski definition) is 1. The third-order valence-electron chi connectivity index (χ3n) is 3.66. The number of likely N-dealkylation sites (tertiary alicyclic amines) is 1. The number of esters is 1. The topological polar surface area (TPSA) is 49.8 Å². The predicted molar refractivity (Wildman–Crippen MR) is 72.5 cm³/mol. The van der Waals surface area contributed by atoms with E-state index in [4.69, 9.17) is 0 Å². The molecule has 0 saturated carbocycles. The third kappa shape index (κ3) is 3.55. The van der Waals surface area contributed by atoms with E-state index in [1.165, 1.54) is 19.6 Å². The molecule has 1 atom stereocenters. The molecule has 5 heteroatoms. The zero-order chi connectivity index (χ0) is 14.5. The van der Waals surface area contributed by atoms with Gasteiger partial charge >= 0.3 is 5.97 Å². The highest BCUT2D eigenvalue weighted by Gasteiger charge is 2.20. The van der Waals surface area contributed by atoms with Crippen LogP contribution in [0.5, 0.6) is 0 Å². The van der Waals surface area contributed by atoms with Crippen LogP contribution in [0.1, 0.15) is 36.5 Å². The number of aliphatic hydroxyl groups excluding tert-OH is 1. The molecule has 1 aromatic carbocycles. The molecule has 1 saturated heterocycles. The standard InChI is InChI=1S/C15H20FNO3/c1-20-15(19)14(18)11-5-6-12(13(16)9-11)10-17-7-3-2-4-8-17/h5-6,9,14,18H,2-4,7-8,10H2,1H3. The highest BCUT2D eigenvalue weighted by Crippen LogP contribution is 2.20. The van der Waals surface area contributed by atoms with Gasteiger partial charge in [-0.1, -0.05) is 18.6 Å². The van der Waals surface area contributed by atoms with Gasteiger partial charge < -0.3 is 9.84 Å². The van der Waals surface area contributed by atoms with Crippen molar-refractivity contribution in [2.45, 2.75) is 31.9 Å². The van der Waals surface area contributed by atoms with Crippen LogP contribution >= 0.6 is 0 Å². The van der Waals surface area contributed by atoms with Gasteiger partial charge in [-0.15, -0.1) is 0 Å². The average molecular weight is 281 g/mol. The van der Waals surface area contributed by atoms with E-state index >= 15 is 0 Å². The maximum atomic E-state index is 14.0. The summed E-state index contributed by atoms with van der Waals surface area (Å²) in [5.41, 5.74) is 0.810. The van der Waals surface area contributed by atoms with Crippen molar-refractivity contribution in [1.29, 1.82) is 0 Å². The number of ether oxygens (including phenoxy) is 1. The van der Waals surface area contributed by atoms with Gasteiger partial charge in [-0.05, 0) is 37.6 Å². The number of hydrogen-bond acceptors (Lipinski definition) is 4. The second-order valence-corrected chi connectivity index (χ2v) is 5.11. The van der Waals surface area contributed by atoms with Crippen LogP contribution < -0.4 is 0 Å². The van der Waals surface area contributed by atoms with E-state index in [-0.39, 0.29) is 5.56 Å². The number of piperidine rings is 1. The molecule has 1 unspecified atom stereocenters. The summed E-state index contributed by atoms with van der Waals surface area (Å²) in [5.74, 6) is -1.18. The summed E-state index contributed by atoms with van der Waals surface area (Å²) in [7, 11) is 1.19. The van der Waals surface area contributed by atoms with Gasteiger partial charge in [0, 0.05) is 12.1 Å². The van der Waals surface area contributed by atoms with Crippen LogP contribution in [0.15, 0.2) is 18.2 Å². The monoisotopic (exact) mass is 281 g/mol. The molecule has 1 N–H and O–H groups in total. The molecule has 1 aromatic rings. The van der Waals surface area contributed by atoms with Crippen molar-refractivity contribution in [2.24, 2.45) is 0 Å². The van der Waals surface area contributed by atoms with E-state index in [1.807, 2.05) is 0 Å². The molecule has 0 aliphatic carbocycles. The largest absolute Gasteiger partial charge is 0.467 e. The summed E-state index contributed by atoms with van der Waals surface area (Å²) in [4.78, 5) is 13.4. The highest BCUT2D eigenvalue weighted by atomic mass is 19.1. The third-order valence-corrected chi connectivity index (χ3v) is 3.66. The van der Waals surface area contributed by atoms with E-state index < -0.39 is 17.9 Å². The Morgan fingerprint density at radius 2 is 2.10 bits per heavy atom. The van der Waals surface area contributed by atoms with Crippen molar-refractivity contribution in [2.75, 3.05) is 20.2 Å². The molecule has 0 spiro atoms. The second-order valence-electron chi connectivity index (χ2n) is 5.11. The van der Waals surface area contributed by atoms with E-state index in [1.54, 1.807) is 12.1 Å². The molecular formula is C15H20FNO3. The Morgan fingerprint density at radius 3 is 2.70 bits per heavy atom. The van der Waals surface area contributed by atoms with Crippen LogP contribution in [-0.2, 0) is 16.1 Å². The Bertz CT molecular complexity index is 472. The molecule has 2 rings (SSSR count). The number of nitrogens with zero attached hydrogens (tertiary/aromatic N) is 1. The van der Waals surface area contributed by atoms with Crippen molar-refractivity contribution < 1.29 is 19.0 Å². The van der Waals surface area contributed by atoms with Gasteiger partial charge in [0.15, 0.2) is 6.10 Å². The molecule has 0 bridgehead atoms.